The molecule has 1 aromatic heterocycles. The lowest BCUT2D eigenvalue weighted by atomic mass is 10.1. The van der Waals surface area contributed by atoms with E-state index in [2.05, 4.69) is 15.9 Å². The van der Waals surface area contributed by atoms with E-state index in [0.717, 1.165) is 15.8 Å². The third kappa shape index (κ3) is 2.98. The molecule has 0 atom stereocenters. The van der Waals surface area contributed by atoms with Crippen molar-refractivity contribution in [2.24, 2.45) is 0 Å². The second-order valence-corrected chi connectivity index (χ2v) is 5.24. The van der Waals surface area contributed by atoms with Crippen LogP contribution in [0.15, 0.2) is 39.4 Å². The van der Waals surface area contributed by atoms with Gasteiger partial charge in [-0.25, -0.2) is 4.79 Å². The zero-order valence-electron chi connectivity index (χ0n) is 10.7. The van der Waals surface area contributed by atoms with Crippen LogP contribution in [-0.4, -0.2) is 18.1 Å². The Bertz CT molecular complexity index is 606. The molecule has 0 spiro atoms. The number of carbonyl (C=O) groups is 1. The van der Waals surface area contributed by atoms with Crippen molar-refractivity contribution in [3.8, 4) is 0 Å². The summed E-state index contributed by atoms with van der Waals surface area (Å²) in [6.07, 6.45) is 1.64. The van der Waals surface area contributed by atoms with Gasteiger partial charge in [-0.2, -0.15) is 0 Å². The summed E-state index contributed by atoms with van der Waals surface area (Å²) in [5.41, 5.74) is 2.00. The summed E-state index contributed by atoms with van der Waals surface area (Å²) in [4.78, 5) is 13.2. The quantitative estimate of drug-likeness (QED) is 0.932. The molecular weight excluding hydrogens is 310 g/mol. The molecule has 4 nitrogen and oxygen atoms in total. The number of benzene rings is 1. The SMILES string of the molecule is Cc1occc1CN(C)c1ccc(Br)cc1C(=O)O. The molecule has 0 saturated heterocycles. The van der Waals surface area contributed by atoms with Crippen molar-refractivity contribution >= 4 is 27.6 Å². The number of carboxylic acid groups (broad SMARTS) is 1. The first kappa shape index (κ1) is 13.7. The fourth-order valence-corrected chi connectivity index (χ4v) is 2.29. The van der Waals surface area contributed by atoms with Crippen LogP contribution >= 0.6 is 15.9 Å². The van der Waals surface area contributed by atoms with Crippen LogP contribution in [0.25, 0.3) is 0 Å². The van der Waals surface area contributed by atoms with Crippen molar-refractivity contribution in [2.45, 2.75) is 13.5 Å². The summed E-state index contributed by atoms with van der Waals surface area (Å²) < 4.78 is 6.00. The summed E-state index contributed by atoms with van der Waals surface area (Å²) in [5.74, 6) is -0.0899. The largest absolute Gasteiger partial charge is 0.478 e. The molecule has 0 unspecified atom stereocenters. The topological polar surface area (TPSA) is 53.7 Å². The van der Waals surface area contributed by atoms with E-state index in [-0.39, 0.29) is 5.56 Å². The zero-order valence-corrected chi connectivity index (χ0v) is 12.3. The molecule has 0 aliphatic carbocycles. The number of furan rings is 1. The highest BCUT2D eigenvalue weighted by atomic mass is 79.9. The summed E-state index contributed by atoms with van der Waals surface area (Å²) >= 11 is 3.29. The van der Waals surface area contributed by atoms with E-state index in [1.165, 1.54) is 0 Å². The molecule has 0 fully saturated rings. The van der Waals surface area contributed by atoms with Crippen molar-refractivity contribution in [1.29, 1.82) is 0 Å². The Morgan fingerprint density at radius 1 is 1.42 bits per heavy atom. The third-order valence-electron chi connectivity index (χ3n) is 2.97. The summed E-state index contributed by atoms with van der Waals surface area (Å²) in [5, 5.41) is 9.25. The Morgan fingerprint density at radius 3 is 2.74 bits per heavy atom. The van der Waals surface area contributed by atoms with Crippen molar-refractivity contribution in [3.63, 3.8) is 0 Å². The first-order valence-corrected chi connectivity index (χ1v) is 6.55. The Labute approximate surface area is 119 Å². The maximum atomic E-state index is 11.3. The van der Waals surface area contributed by atoms with Gasteiger partial charge in [0.05, 0.1) is 17.5 Å². The Kier molecular flexibility index (Phi) is 3.95. The number of aromatic carboxylic acids is 1. The van der Waals surface area contributed by atoms with Gasteiger partial charge in [0.15, 0.2) is 0 Å². The van der Waals surface area contributed by atoms with E-state index in [1.54, 1.807) is 18.4 Å². The van der Waals surface area contributed by atoms with Gasteiger partial charge in [-0.3, -0.25) is 0 Å². The smallest absolute Gasteiger partial charge is 0.337 e. The van der Waals surface area contributed by atoms with Crippen LogP contribution in [0, 0.1) is 6.92 Å². The van der Waals surface area contributed by atoms with Gasteiger partial charge in [0.25, 0.3) is 0 Å². The van der Waals surface area contributed by atoms with Gasteiger partial charge in [0.2, 0.25) is 0 Å². The second-order valence-electron chi connectivity index (χ2n) is 4.32. The van der Waals surface area contributed by atoms with Crippen molar-refractivity contribution < 1.29 is 14.3 Å². The number of rotatable bonds is 4. The maximum Gasteiger partial charge on any atom is 0.337 e. The molecule has 1 aromatic carbocycles. The van der Waals surface area contributed by atoms with Crippen molar-refractivity contribution in [1.82, 2.24) is 0 Å². The molecule has 2 aromatic rings. The van der Waals surface area contributed by atoms with Gasteiger partial charge in [-0.05, 0) is 31.2 Å². The van der Waals surface area contributed by atoms with Crippen LogP contribution in [0.2, 0.25) is 0 Å². The van der Waals surface area contributed by atoms with Crippen LogP contribution < -0.4 is 4.90 Å². The first-order valence-electron chi connectivity index (χ1n) is 5.76. The van der Waals surface area contributed by atoms with E-state index in [1.807, 2.05) is 31.0 Å². The first-order chi connectivity index (χ1) is 8.99. The van der Waals surface area contributed by atoms with Crippen LogP contribution in [0.3, 0.4) is 0 Å². The van der Waals surface area contributed by atoms with Gasteiger partial charge in [-0.1, -0.05) is 15.9 Å². The van der Waals surface area contributed by atoms with Gasteiger partial charge < -0.3 is 14.4 Å². The molecule has 0 saturated carbocycles. The minimum atomic E-state index is -0.938. The monoisotopic (exact) mass is 323 g/mol. The number of nitrogens with zero attached hydrogens (tertiary/aromatic N) is 1. The Balaban J connectivity index is 2.31. The molecule has 5 heteroatoms. The lowest BCUT2D eigenvalue weighted by Gasteiger charge is -2.21. The van der Waals surface area contributed by atoms with Crippen LogP contribution in [0.5, 0.6) is 0 Å². The van der Waals surface area contributed by atoms with E-state index in [9.17, 15) is 9.90 Å². The molecule has 0 amide bonds. The summed E-state index contributed by atoms with van der Waals surface area (Å²) in [6, 6.07) is 7.13. The number of hydrogen-bond acceptors (Lipinski definition) is 3. The predicted molar refractivity (Wildman–Crippen MR) is 76.7 cm³/mol. The zero-order chi connectivity index (χ0) is 14.0. The molecule has 0 bridgehead atoms. The molecular formula is C14H14BrNO3. The van der Waals surface area contributed by atoms with E-state index < -0.39 is 5.97 Å². The molecule has 100 valence electrons. The standard InChI is InChI=1S/C14H14BrNO3/c1-9-10(5-6-19-9)8-16(2)13-4-3-11(15)7-12(13)14(17)18/h3-7H,8H2,1-2H3,(H,17,18). The molecule has 2 rings (SSSR count). The molecule has 19 heavy (non-hydrogen) atoms. The highest BCUT2D eigenvalue weighted by Crippen LogP contribution is 2.25. The Morgan fingerprint density at radius 2 is 2.16 bits per heavy atom. The maximum absolute atomic E-state index is 11.3. The van der Waals surface area contributed by atoms with E-state index in [4.69, 9.17) is 4.42 Å². The van der Waals surface area contributed by atoms with Crippen molar-refractivity contribution in [3.05, 3.63) is 51.9 Å². The average molecular weight is 324 g/mol. The number of hydrogen-bond donors (Lipinski definition) is 1. The van der Waals surface area contributed by atoms with Crippen molar-refractivity contribution in [2.75, 3.05) is 11.9 Å². The summed E-state index contributed by atoms with van der Waals surface area (Å²) in [6.45, 7) is 2.49. The fourth-order valence-electron chi connectivity index (χ4n) is 1.93. The number of halogens is 1. The molecule has 1 heterocycles. The number of aryl methyl sites for hydroxylation is 1. The van der Waals surface area contributed by atoms with Gasteiger partial charge in [0.1, 0.15) is 5.76 Å². The minimum absolute atomic E-state index is 0.276. The van der Waals surface area contributed by atoms with E-state index >= 15 is 0 Å². The average Bonchev–Trinajstić information content (AvgIpc) is 2.74. The van der Waals surface area contributed by atoms with E-state index in [0.29, 0.717) is 12.2 Å². The molecule has 0 aliphatic rings. The third-order valence-corrected chi connectivity index (χ3v) is 3.47. The fraction of sp³-hybridized carbons (Fsp3) is 0.214. The molecule has 0 aliphatic heterocycles. The lowest BCUT2D eigenvalue weighted by Crippen LogP contribution is -2.19. The lowest BCUT2D eigenvalue weighted by molar-refractivity contribution is 0.0697. The molecule has 0 radical (unpaired) electrons. The van der Waals surface area contributed by atoms with Crippen LogP contribution in [0.1, 0.15) is 21.7 Å². The predicted octanol–water partition coefficient (Wildman–Crippen LogP) is 3.69. The van der Waals surface area contributed by atoms with Crippen LogP contribution in [-0.2, 0) is 6.54 Å². The van der Waals surface area contributed by atoms with Gasteiger partial charge in [0, 0.05) is 23.6 Å². The minimum Gasteiger partial charge on any atom is -0.478 e. The normalized spacial score (nSPS) is 10.5. The number of anilines is 1. The molecule has 1 N–H and O–H groups in total. The highest BCUT2D eigenvalue weighted by molar-refractivity contribution is 9.10. The summed E-state index contributed by atoms with van der Waals surface area (Å²) in [7, 11) is 1.86. The van der Waals surface area contributed by atoms with Crippen LogP contribution in [0.4, 0.5) is 5.69 Å². The van der Waals surface area contributed by atoms with Gasteiger partial charge in [-0.15, -0.1) is 0 Å². The van der Waals surface area contributed by atoms with Gasteiger partial charge >= 0.3 is 5.97 Å². The second kappa shape index (κ2) is 5.48. The Hall–Kier alpha value is -1.75. The highest BCUT2D eigenvalue weighted by Gasteiger charge is 2.15. The number of carboxylic acids is 1.